The van der Waals surface area contributed by atoms with Crippen molar-refractivity contribution in [2.45, 2.75) is 19.2 Å². The topological polar surface area (TPSA) is 98.5 Å². The summed E-state index contributed by atoms with van der Waals surface area (Å²) in [6.45, 7) is 1.20. The fourth-order valence-corrected chi connectivity index (χ4v) is 1.47. The summed E-state index contributed by atoms with van der Waals surface area (Å²) in [7, 11) is 0. The summed E-state index contributed by atoms with van der Waals surface area (Å²) < 4.78 is 42.3. The highest BCUT2D eigenvalue weighted by molar-refractivity contribution is 5.97. The molecule has 0 aromatic heterocycles. The average molecular weight is 330 g/mol. The number of nitrogens with one attached hydrogen (secondary N) is 1. The molecular weight excluding hydrogens is 317 g/mol. The maximum atomic E-state index is 12.5. The van der Waals surface area contributed by atoms with E-state index in [4.69, 9.17) is 5.73 Å². The van der Waals surface area contributed by atoms with Crippen LogP contribution in [0.1, 0.15) is 18.1 Å². The zero-order chi connectivity index (χ0) is 17.6. The summed E-state index contributed by atoms with van der Waals surface area (Å²) in [5.41, 5.74) is 4.00. The van der Waals surface area contributed by atoms with Gasteiger partial charge in [0.25, 0.3) is 5.91 Å². The molecule has 1 aromatic rings. The van der Waals surface area contributed by atoms with E-state index in [9.17, 15) is 27.6 Å². The fourth-order valence-electron chi connectivity index (χ4n) is 1.47. The van der Waals surface area contributed by atoms with Crippen molar-refractivity contribution in [3.8, 4) is 0 Å². The van der Waals surface area contributed by atoms with E-state index in [-0.39, 0.29) is 5.56 Å². The monoisotopic (exact) mass is 330 g/mol. The van der Waals surface area contributed by atoms with Gasteiger partial charge in [-0.2, -0.15) is 13.2 Å². The van der Waals surface area contributed by atoms with Gasteiger partial charge in [-0.05, 0) is 30.7 Å². The van der Waals surface area contributed by atoms with E-state index in [2.05, 4.69) is 4.74 Å². The third kappa shape index (κ3) is 6.20. The number of primary amides is 1. The van der Waals surface area contributed by atoms with Crippen LogP contribution in [0.15, 0.2) is 30.3 Å². The molecule has 0 aliphatic heterocycles. The number of hydrogen-bond acceptors (Lipinski definition) is 4. The van der Waals surface area contributed by atoms with Gasteiger partial charge in [0.15, 0.2) is 6.10 Å². The van der Waals surface area contributed by atoms with E-state index in [1.165, 1.54) is 19.1 Å². The Morgan fingerprint density at radius 1 is 1.30 bits per heavy atom. The summed E-state index contributed by atoms with van der Waals surface area (Å²) in [6.07, 6.45) is -3.81. The van der Waals surface area contributed by atoms with Crippen LogP contribution in [0.4, 0.5) is 18.0 Å². The first-order chi connectivity index (χ1) is 10.6. The van der Waals surface area contributed by atoms with Crippen molar-refractivity contribution in [2.24, 2.45) is 5.73 Å². The largest absolute Gasteiger partial charge is 0.449 e. The van der Waals surface area contributed by atoms with Gasteiger partial charge < -0.3 is 10.5 Å². The zero-order valence-electron chi connectivity index (χ0n) is 11.9. The molecule has 0 spiro atoms. The van der Waals surface area contributed by atoms with E-state index >= 15 is 0 Å². The van der Waals surface area contributed by atoms with Crippen LogP contribution in [-0.2, 0) is 20.5 Å². The summed E-state index contributed by atoms with van der Waals surface area (Å²) in [5.74, 6) is -1.88. The molecule has 1 atom stereocenters. The standard InChI is InChI=1S/C14H13F3N2O4/c1-8(12(21)19-13(18)22)23-11(20)6-5-9-3-2-4-10(7-9)14(15,16)17/h2-8H,1H3,(H3,18,19,21,22)/b6-5+/t8-/m1/s1. The van der Waals surface area contributed by atoms with Crippen molar-refractivity contribution in [1.29, 1.82) is 0 Å². The third-order valence-electron chi connectivity index (χ3n) is 2.53. The van der Waals surface area contributed by atoms with Gasteiger partial charge in [-0.1, -0.05) is 12.1 Å². The van der Waals surface area contributed by atoms with Crippen molar-refractivity contribution in [3.05, 3.63) is 41.5 Å². The molecule has 0 aliphatic rings. The molecule has 9 heteroatoms. The number of hydrogen-bond donors (Lipinski definition) is 2. The van der Waals surface area contributed by atoms with Crippen LogP contribution in [0, 0.1) is 0 Å². The summed E-state index contributed by atoms with van der Waals surface area (Å²) in [4.78, 5) is 33.2. The second-order valence-corrected chi connectivity index (χ2v) is 4.39. The Hall–Kier alpha value is -2.84. The minimum atomic E-state index is -4.49. The summed E-state index contributed by atoms with van der Waals surface area (Å²) in [5, 5.41) is 1.72. The van der Waals surface area contributed by atoms with Gasteiger partial charge in [0, 0.05) is 6.08 Å². The fraction of sp³-hybridized carbons (Fsp3) is 0.214. The predicted molar refractivity (Wildman–Crippen MR) is 73.8 cm³/mol. The molecule has 1 aromatic carbocycles. The lowest BCUT2D eigenvalue weighted by Gasteiger charge is -2.10. The first kappa shape index (κ1) is 18.2. The second-order valence-electron chi connectivity index (χ2n) is 4.39. The normalized spacial score (nSPS) is 12.7. The molecule has 0 unspecified atom stereocenters. The summed E-state index contributed by atoms with van der Waals surface area (Å²) >= 11 is 0. The molecule has 0 fully saturated rings. The number of benzene rings is 1. The molecule has 3 N–H and O–H groups in total. The Bertz CT molecular complexity index is 641. The quantitative estimate of drug-likeness (QED) is 0.650. The number of carbonyl (C=O) groups excluding carboxylic acids is 3. The third-order valence-corrected chi connectivity index (χ3v) is 2.53. The summed E-state index contributed by atoms with van der Waals surface area (Å²) in [6, 6.07) is 3.20. The first-order valence-corrected chi connectivity index (χ1v) is 6.26. The number of urea groups is 1. The van der Waals surface area contributed by atoms with Crippen molar-refractivity contribution in [2.75, 3.05) is 0 Å². The molecule has 0 saturated carbocycles. The second kappa shape index (κ2) is 7.43. The van der Waals surface area contributed by atoms with Crippen LogP contribution < -0.4 is 11.1 Å². The Morgan fingerprint density at radius 2 is 1.96 bits per heavy atom. The van der Waals surface area contributed by atoms with Gasteiger partial charge >= 0.3 is 18.2 Å². The van der Waals surface area contributed by atoms with Crippen molar-refractivity contribution in [1.82, 2.24) is 5.32 Å². The van der Waals surface area contributed by atoms with E-state index < -0.39 is 35.8 Å². The van der Waals surface area contributed by atoms with Gasteiger partial charge in [0.05, 0.1) is 5.56 Å². The van der Waals surface area contributed by atoms with Gasteiger partial charge in [0.1, 0.15) is 0 Å². The van der Waals surface area contributed by atoms with Crippen LogP contribution in [0.2, 0.25) is 0 Å². The smallest absolute Gasteiger partial charge is 0.416 e. The molecule has 0 heterocycles. The van der Waals surface area contributed by atoms with Crippen LogP contribution >= 0.6 is 0 Å². The van der Waals surface area contributed by atoms with Gasteiger partial charge in [-0.15, -0.1) is 0 Å². The minimum absolute atomic E-state index is 0.131. The van der Waals surface area contributed by atoms with Gasteiger partial charge in [-0.3, -0.25) is 10.1 Å². The Labute approximate surface area is 129 Å². The lowest BCUT2D eigenvalue weighted by Crippen LogP contribution is -2.42. The number of amides is 3. The van der Waals surface area contributed by atoms with Crippen LogP contribution in [0.5, 0.6) is 0 Å². The predicted octanol–water partition coefficient (Wildman–Crippen LogP) is 1.85. The Kier molecular flexibility index (Phi) is 5.88. The van der Waals surface area contributed by atoms with E-state index in [0.717, 1.165) is 24.3 Å². The number of nitrogens with two attached hydrogens (primary N) is 1. The highest BCUT2D eigenvalue weighted by Gasteiger charge is 2.30. The average Bonchev–Trinajstić information content (AvgIpc) is 2.43. The molecular formula is C14H13F3N2O4. The highest BCUT2D eigenvalue weighted by Crippen LogP contribution is 2.29. The number of rotatable bonds is 4. The van der Waals surface area contributed by atoms with E-state index in [1.54, 1.807) is 5.32 Å². The minimum Gasteiger partial charge on any atom is -0.449 e. The number of imide groups is 1. The van der Waals surface area contributed by atoms with Crippen molar-refractivity contribution in [3.63, 3.8) is 0 Å². The molecule has 3 amide bonds. The SMILES string of the molecule is C[C@@H](OC(=O)/C=C/c1cccc(C(F)(F)F)c1)C(=O)NC(N)=O. The van der Waals surface area contributed by atoms with Gasteiger partial charge in [0.2, 0.25) is 0 Å². The number of halogens is 3. The Morgan fingerprint density at radius 3 is 2.52 bits per heavy atom. The van der Waals surface area contributed by atoms with Crippen LogP contribution in [0.3, 0.4) is 0 Å². The first-order valence-electron chi connectivity index (χ1n) is 6.26. The van der Waals surface area contributed by atoms with E-state index in [0.29, 0.717) is 0 Å². The molecule has 0 radical (unpaired) electrons. The van der Waals surface area contributed by atoms with E-state index in [1.807, 2.05) is 0 Å². The van der Waals surface area contributed by atoms with Crippen LogP contribution in [-0.4, -0.2) is 24.0 Å². The number of alkyl halides is 3. The lowest BCUT2D eigenvalue weighted by atomic mass is 10.1. The molecule has 0 bridgehead atoms. The lowest BCUT2D eigenvalue weighted by molar-refractivity contribution is -0.149. The van der Waals surface area contributed by atoms with Crippen LogP contribution in [0.25, 0.3) is 6.08 Å². The Balaban J connectivity index is 2.69. The number of ether oxygens (including phenoxy) is 1. The number of carbonyl (C=O) groups is 3. The maximum absolute atomic E-state index is 12.5. The van der Waals surface area contributed by atoms with Crippen molar-refractivity contribution < 1.29 is 32.3 Å². The molecule has 23 heavy (non-hydrogen) atoms. The molecule has 124 valence electrons. The molecule has 0 saturated heterocycles. The van der Waals surface area contributed by atoms with Crippen molar-refractivity contribution >= 4 is 24.0 Å². The highest BCUT2D eigenvalue weighted by atomic mass is 19.4. The molecule has 1 rings (SSSR count). The zero-order valence-corrected chi connectivity index (χ0v) is 11.9. The maximum Gasteiger partial charge on any atom is 0.416 e. The molecule has 0 aliphatic carbocycles. The number of esters is 1. The van der Waals surface area contributed by atoms with Gasteiger partial charge in [-0.25, -0.2) is 9.59 Å². The molecule has 6 nitrogen and oxygen atoms in total.